The van der Waals surface area contributed by atoms with Gasteiger partial charge >= 0.3 is 196 Å². The van der Waals surface area contributed by atoms with Crippen LogP contribution in [0.25, 0.3) is 0 Å². The van der Waals surface area contributed by atoms with Crippen LogP contribution in [0.2, 0.25) is 0 Å². The van der Waals surface area contributed by atoms with Crippen molar-refractivity contribution in [2.45, 2.75) is 36.6 Å². The number of phosphoric ester groups is 3. The van der Waals surface area contributed by atoms with Crippen molar-refractivity contribution in [3.8, 4) is 0 Å². The molecule has 15 N–H and O–H groups in total. The van der Waals surface area contributed by atoms with Crippen LogP contribution in [0.3, 0.4) is 0 Å². The predicted molar refractivity (Wildman–Crippen MR) is 159 cm³/mol. The van der Waals surface area contributed by atoms with Crippen LogP contribution in [0.1, 0.15) is 0 Å². The Bertz CT molecular complexity index is 1290. The van der Waals surface area contributed by atoms with Crippen LogP contribution < -0.4 is 0 Å². The normalized spacial score (nSPS) is 21.9. The summed E-state index contributed by atoms with van der Waals surface area (Å²) in [6.45, 7) is -2.44. The number of cyclic esters (lactones) is 3. The van der Waals surface area contributed by atoms with Gasteiger partial charge in [0.2, 0.25) is 0 Å². The minimum atomic E-state index is -5.02. The fourth-order valence-corrected chi connectivity index (χ4v) is 4.27. The van der Waals surface area contributed by atoms with E-state index in [-0.39, 0.29) is 154 Å². The van der Waals surface area contributed by atoms with Crippen LogP contribution >= 0.6 is 23.5 Å². The van der Waals surface area contributed by atoms with E-state index in [0.717, 1.165) is 0 Å². The van der Waals surface area contributed by atoms with Crippen molar-refractivity contribution in [1.29, 1.82) is 0 Å². The van der Waals surface area contributed by atoms with E-state index < -0.39 is 132 Å². The number of hydrogen-bond donors (Lipinski definition) is 15. The quantitative estimate of drug-likeness (QED) is 0.0374. The molecule has 6 atom stereocenters. The van der Waals surface area contributed by atoms with Crippen LogP contribution in [0.5, 0.6) is 0 Å². The van der Waals surface area contributed by atoms with Gasteiger partial charge < -0.3 is 73.7 Å². The Hall–Kier alpha value is 1.55. The molecule has 3 aliphatic heterocycles. The van der Waals surface area contributed by atoms with Gasteiger partial charge in [-0.25, -0.2) is 28.1 Å². The van der Waals surface area contributed by atoms with Crippen LogP contribution in [-0.2, 0) is 55.9 Å². The topological polar surface area (TPSA) is 461 Å². The van der Waals surface area contributed by atoms with Crippen molar-refractivity contribution in [3.63, 3.8) is 0 Å². The Morgan fingerprint density at radius 3 is 0.804 bits per heavy atom. The number of ether oxygens (including phenoxy) is 3. The molecule has 0 radical (unpaired) electrons. The first-order valence-corrected chi connectivity index (χ1v) is 16.4. The molecule has 0 fully saturated rings. The predicted octanol–water partition coefficient (Wildman–Crippen LogP) is -7.51. The molecule has 27 nitrogen and oxygen atoms in total. The van der Waals surface area contributed by atoms with E-state index in [9.17, 15) is 43.4 Å². The second kappa shape index (κ2) is 24.3. The van der Waals surface area contributed by atoms with E-state index in [4.69, 9.17) is 60.0 Å². The van der Waals surface area contributed by atoms with E-state index in [1.807, 2.05) is 0 Å². The molecule has 51 heavy (non-hydrogen) atoms. The molecule has 0 saturated heterocycles. The second-order valence-electron chi connectivity index (χ2n) is 8.62. The summed E-state index contributed by atoms with van der Waals surface area (Å²) in [5.41, 5.74) is 0. The summed E-state index contributed by atoms with van der Waals surface area (Å²) in [6, 6.07) is 0. The molecule has 0 aromatic carbocycles. The number of carbonyl (C=O) groups excluding carboxylic acids is 3. The maximum atomic E-state index is 11.0. The van der Waals surface area contributed by atoms with Gasteiger partial charge in [-0.3, -0.25) is 29.4 Å². The average molecular weight is 889 g/mol. The molecule has 0 amide bonds. The average Bonchev–Trinajstić information content (AvgIpc) is 3.51. The van der Waals surface area contributed by atoms with Gasteiger partial charge in [0.25, 0.3) is 17.3 Å². The number of hydrogen-bond acceptors (Lipinski definition) is 21. The molecule has 33 heteroatoms. The Morgan fingerprint density at radius 1 is 0.490 bits per heavy atom. The van der Waals surface area contributed by atoms with Crippen LogP contribution in [0, 0.1) is 0 Å². The van der Waals surface area contributed by atoms with E-state index in [1.165, 1.54) is 0 Å². The van der Waals surface area contributed by atoms with Crippen molar-refractivity contribution in [2.24, 2.45) is 0 Å². The molecule has 0 aromatic heterocycles. The van der Waals surface area contributed by atoms with E-state index in [2.05, 4.69) is 27.8 Å². The number of aliphatic hydroxyl groups is 9. The molecule has 0 aliphatic carbocycles. The maximum absolute atomic E-state index is 11.0. The molecule has 3 rings (SSSR count). The molecule has 3 heterocycles. The molecule has 0 spiro atoms. The van der Waals surface area contributed by atoms with E-state index >= 15 is 0 Å². The molecular weight excluding hydrogens is 858 g/mol. The molecule has 0 unspecified atom stereocenters. The van der Waals surface area contributed by atoms with Gasteiger partial charge in [-0.15, -0.1) is 0 Å². The number of rotatable bonds is 12. The zero-order chi connectivity index (χ0) is 37.5. The Balaban J connectivity index is -0.000000658. The molecule has 3 aliphatic rings. The zero-order valence-corrected chi connectivity index (χ0v) is 25.7. The van der Waals surface area contributed by atoms with Crippen molar-refractivity contribution in [2.75, 3.05) is 19.8 Å². The van der Waals surface area contributed by atoms with Crippen LogP contribution in [0.15, 0.2) is 34.6 Å². The number of aliphatic hydroxyl groups excluding tert-OH is 9. The summed E-state index contributed by atoms with van der Waals surface area (Å²) in [5.74, 6) is -10.2. The van der Waals surface area contributed by atoms with Crippen LogP contribution in [-0.4, -0.2) is 304 Å². The summed E-state index contributed by atoms with van der Waals surface area (Å²) in [7, 11) is -15.1. The summed E-state index contributed by atoms with van der Waals surface area (Å²) in [4.78, 5) is 83.5. The van der Waals surface area contributed by atoms with Gasteiger partial charge in [-0.2, -0.15) is 0 Å². The first-order chi connectivity index (χ1) is 21.8. The third-order valence-corrected chi connectivity index (χ3v) is 6.27. The number of phosphoric acid groups is 3. The first-order valence-electron chi connectivity index (χ1n) is 11.8. The molecule has 0 aromatic rings. The Morgan fingerprint density at radius 2 is 0.667 bits per heavy atom. The fraction of sp³-hybridized carbons (Fsp3) is 0.500. The number of esters is 3. The Labute approximate surface area is 410 Å². The van der Waals surface area contributed by atoms with E-state index in [1.54, 1.807) is 0 Å². The molecule has 282 valence electrons. The third-order valence-electron chi connectivity index (χ3n) is 5.00. The van der Waals surface area contributed by atoms with Gasteiger partial charge in [0.1, 0.15) is 18.3 Å². The summed E-state index contributed by atoms with van der Waals surface area (Å²) < 4.78 is 56.0. The molecule has 0 saturated carbocycles. The van der Waals surface area contributed by atoms with E-state index in [0.29, 0.717) is 0 Å². The molecular formula is C18H30K3O27P3. The summed E-state index contributed by atoms with van der Waals surface area (Å²) in [5, 5.41) is 80.8. The van der Waals surface area contributed by atoms with Crippen LogP contribution in [0.4, 0.5) is 0 Å². The first kappa shape index (κ1) is 56.9. The zero-order valence-electron chi connectivity index (χ0n) is 23.0. The van der Waals surface area contributed by atoms with Crippen molar-refractivity contribution in [1.82, 2.24) is 0 Å². The van der Waals surface area contributed by atoms with Gasteiger partial charge in [-0.05, 0) is 0 Å². The molecule has 0 bridgehead atoms. The second-order valence-corrected chi connectivity index (χ2v) is 12.1. The standard InChI is InChI=1S/3C6H9O9P.3K.3H/c3*7-1-2(8)4-3(9)5(6(10)14-4)15-16(11,12)13;;;;;;/h3*2,4,7-9H,1H2,(H2,11,12,13);;;;;;/t3*2-,4+;;;;;;/m000....../s1. The van der Waals surface area contributed by atoms with Gasteiger partial charge in [0.05, 0.1) is 19.8 Å². The summed E-state index contributed by atoms with van der Waals surface area (Å²) in [6.07, 6.45) is -9.62. The minimum absolute atomic E-state index is 0. The van der Waals surface area contributed by atoms with Crippen molar-refractivity contribution < 1.29 is 131 Å². The van der Waals surface area contributed by atoms with Gasteiger partial charge in [0.15, 0.2) is 35.6 Å². The van der Waals surface area contributed by atoms with Gasteiger partial charge in [0, 0.05) is 0 Å². The third kappa shape index (κ3) is 18.6. The number of carbonyl (C=O) groups is 3. The monoisotopic (exact) mass is 888 g/mol. The van der Waals surface area contributed by atoms with Crippen molar-refractivity contribution >= 4 is 196 Å². The van der Waals surface area contributed by atoms with Gasteiger partial charge in [-0.1, -0.05) is 0 Å². The SMILES string of the molecule is O=C1O[C@H]([C@@H](O)CO)C(O)=C1OP(=O)(O)O.O=C1O[C@H]([C@@H](O)CO)C(O)=C1OP(=O)(O)O.O=C1O[C@H]([C@@H](O)CO)C(O)=C1OP(=O)(O)O.[KH].[KH].[KH]. The van der Waals surface area contributed by atoms with Crippen molar-refractivity contribution in [3.05, 3.63) is 34.6 Å². The Kier molecular flexibility index (Phi) is 27.2. The fourth-order valence-electron chi connectivity index (χ4n) is 3.05. The summed E-state index contributed by atoms with van der Waals surface area (Å²) >= 11 is 0.